The predicted molar refractivity (Wildman–Crippen MR) is 106 cm³/mol. The Morgan fingerprint density at radius 2 is 1.74 bits per heavy atom. The molecule has 3 aliphatic rings. The van der Waals surface area contributed by atoms with Gasteiger partial charge < -0.3 is 4.90 Å². The fourth-order valence-corrected chi connectivity index (χ4v) is 5.58. The minimum Gasteiger partial charge on any atom is -0.334 e. The van der Waals surface area contributed by atoms with Gasteiger partial charge in [-0.2, -0.15) is 5.10 Å². The van der Waals surface area contributed by atoms with Crippen molar-refractivity contribution in [2.75, 3.05) is 6.54 Å². The molecule has 1 amide bonds. The van der Waals surface area contributed by atoms with Crippen LogP contribution in [-0.4, -0.2) is 33.2 Å². The van der Waals surface area contributed by atoms with Gasteiger partial charge in [0.1, 0.15) is 0 Å². The van der Waals surface area contributed by atoms with Crippen molar-refractivity contribution in [1.29, 1.82) is 0 Å². The number of amides is 1. The fourth-order valence-electron chi connectivity index (χ4n) is 5.58. The van der Waals surface area contributed by atoms with Gasteiger partial charge in [-0.15, -0.1) is 0 Å². The van der Waals surface area contributed by atoms with Gasteiger partial charge in [0.05, 0.1) is 5.69 Å². The average molecular weight is 364 g/mol. The van der Waals surface area contributed by atoms with Crippen LogP contribution in [0.25, 0.3) is 5.69 Å². The second kappa shape index (κ2) is 7.14. The minimum atomic E-state index is 0.191. The van der Waals surface area contributed by atoms with Crippen LogP contribution in [0.1, 0.15) is 73.1 Å². The summed E-state index contributed by atoms with van der Waals surface area (Å²) in [6, 6.07) is 10.7. The molecule has 1 saturated heterocycles. The molecule has 1 saturated carbocycles. The number of rotatable bonds is 3. The van der Waals surface area contributed by atoms with Gasteiger partial charge in [-0.1, -0.05) is 37.5 Å². The van der Waals surface area contributed by atoms with E-state index in [1.807, 2.05) is 22.9 Å². The highest BCUT2D eigenvalue weighted by atomic mass is 16.2. The van der Waals surface area contributed by atoms with E-state index in [2.05, 4.69) is 17.0 Å². The molecule has 0 unspecified atom stereocenters. The summed E-state index contributed by atoms with van der Waals surface area (Å²) >= 11 is 0. The van der Waals surface area contributed by atoms with Crippen molar-refractivity contribution in [3.63, 3.8) is 0 Å². The second-order valence-electron chi connectivity index (χ2n) is 8.48. The van der Waals surface area contributed by atoms with Crippen LogP contribution >= 0.6 is 0 Å². The zero-order valence-electron chi connectivity index (χ0n) is 16.1. The molecular weight excluding hydrogens is 334 g/mol. The number of carbonyl (C=O) groups is 1. The van der Waals surface area contributed by atoms with Crippen LogP contribution in [0, 0.1) is 5.92 Å². The van der Waals surface area contributed by atoms with Gasteiger partial charge in [-0.3, -0.25) is 4.79 Å². The van der Waals surface area contributed by atoms with Crippen molar-refractivity contribution < 1.29 is 4.79 Å². The molecular formula is C23H29N3O. The van der Waals surface area contributed by atoms with Crippen LogP contribution in [0.15, 0.2) is 30.3 Å². The van der Waals surface area contributed by atoms with Crippen LogP contribution in [-0.2, 0) is 12.8 Å². The maximum atomic E-state index is 13.6. The molecule has 0 bridgehead atoms. The number of para-hydroxylation sites is 1. The number of likely N-dealkylation sites (tertiary alicyclic amines) is 1. The van der Waals surface area contributed by atoms with Gasteiger partial charge in [0, 0.05) is 23.8 Å². The Morgan fingerprint density at radius 3 is 2.56 bits per heavy atom. The predicted octanol–water partition coefficient (Wildman–Crippen LogP) is 4.55. The van der Waals surface area contributed by atoms with Gasteiger partial charge in [0.2, 0.25) is 0 Å². The van der Waals surface area contributed by atoms with Crippen molar-refractivity contribution in [3.8, 4) is 5.69 Å². The highest BCUT2D eigenvalue weighted by Gasteiger charge is 2.38. The summed E-state index contributed by atoms with van der Waals surface area (Å²) in [4.78, 5) is 15.7. The molecule has 5 rings (SSSR count). The smallest absolute Gasteiger partial charge is 0.274 e. The van der Waals surface area contributed by atoms with E-state index in [4.69, 9.17) is 5.10 Å². The lowest BCUT2D eigenvalue weighted by atomic mass is 9.83. The number of carbonyl (C=O) groups excluding carboxylic acids is 1. The lowest BCUT2D eigenvalue weighted by Gasteiger charge is -2.33. The number of fused-ring (bicyclic) bond motifs is 1. The van der Waals surface area contributed by atoms with Crippen molar-refractivity contribution >= 4 is 5.91 Å². The van der Waals surface area contributed by atoms with E-state index in [1.165, 1.54) is 49.8 Å². The van der Waals surface area contributed by atoms with Gasteiger partial charge in [0.15, 0.2) is 5.69 Å². The lowest BCUT2D eigenvalue weighted by Crippen LogP contribution is -2.41. The molecule has 0 N–H and O–H groups in total. The molecule has 1 atom stereocenters. The molecule has 2 fully saturated rings. The maximum Gasteiger partial charge on any atom is 0.274 e. The Balaban J connectivity index is 1.47. The first-order chi connectivity index (χ1) is 13.3. The standard InChI is InChI=1S/C23H29N3O/c27-23(25-16-8-15-20(25)17-9-3-1-4-10-17)22-19-13-7-14-21(19)26(24-22)18-11-5-2-6-12-18/h2,5-6,11-12,17,20H,1,3-4,7-10,13-16H2/t20-/m1/s1. The van der Waals surface area contributed by atoms with Gasteiger partial charge in [-0.25, -0.2) is 4.68 Å². The summed E-state index contributed by atoms with van der Waals surface area (Å²) in [5.74, 6) is 0.894. The van der Waals surface area contributed by atoms with Crippen LogP contribution < -0.4 is 0 Å². The molecule has 0 spiro atoms. The highest BCUT2D eigenvalue weighted by molar-refractivity contribution is 5.94. The Hall–Kier alpha value is -2.10. The molecule has 27 heavy (non-hydrogen) atoms. The van der Waals surface area contributed by atoms with E-state index in [0.29, 0.717) is 12.0 Å². The monoisotopic (exact) mass is 363 g/mol. The number of benzene rings is 1. The Labute approximate surface area is 161 Å². The zero-order chi connectivity index (χ0) is 18.2. The third-order valence-electron chi connectivity index (χ3n) is 6.89. The molecule has 1 aliphatic heterocycles. The molecule has 4 heteroatoms. The van der Waals surface area contributed by atoms with Gasteiger partial charge in [0.25, 0.3) is 5.91 Å². The Kier molecular flexibility index (Phi) is 4.50. The molecule has 142 valence electrons. The van der Waals surface area contributed by atoms with E-state index < -0.39 is 0 Å². The quantitative estimate of drug-likeness (QED) is 0.802. The summed E-state index contributed by atoms with van der Waals surface area (Å²) in [6.45, 7) is 0.910. The van der Waals surface area contributed by atoms with E-state index in [-0.39, 0.29) is 5.91 Å². The van der Waals surface area contributed by atoms with Crippen molar-refractivity contribution in [1.82, 2.24) is 14.7 Å². The Morgan fingerprint density at radius 1 is 0.926 bits per heavy atom. The second-order valence-corrected chi connectivity index (χ2v) is 8.48. The molecule has 2 aromatic rings. The Bertz CT molecular complexity index is 820. The fraction of sp³-hybridized carbons (Fsp3) is 0.565. The number of hydrogen-bond acceptors (Lipinski definition) is 2. The summed E-state index contributed by atoms with van der Waals surface area (Å²) in [6.07, 6.45) is 12.1. The minimum absolute atomic E-state index is 0.191. The van der Waals surface area contributed by atoms with Gasteiger partial charge >= 0.3 is 0 Å². The van der Waals surface area contributed by atoms with Crippen LogP contribution in [0.4, 0.5) is 0 Å². The van der Waals surface area contributed by atoms with Crippen molar-refractivity contribution in [2.24, 2.45) is 5.92 Å². The zero-order valence-corrected chi connectivity index (χ0v) is 16.1. The normalized spacial score (nSPS) is 23.0. The van der Waals surface area contributed by atoms with E-state index in [9.17, 15) is 4.79 Å². The summed E-state index contributed by atoms with van der Waals surface area (Å²) in [5.41, 5.74) is 4.25. The SMILES string of the molecule is O=C(c1nn(-c2ccccc2)c2c1CCC2)N1CCC[C@@H]1C1CCCCC1. The van der Waals surface area contributed by atoms with Crippen LogP contribution in [0.3, 0.4) is 0 Å². The van der Waals surface area contributed by atoms with Gasteiger partial charge in [-0.05, 0) is 63.0 Å². The molecule has 2 heterocycles. The molecule has 1 aromatic heterocycles. The van der Waals surface area contributed by atoms with Crippen LogP contribution in [0.2, 0.25) is 0 Å². The number of aromatic nitrogens is 2. The van der Waals surface area contributed by atoms with E-state index >= 15 is 0 Å². The van der Waals surface area contributed by atoms with E-state index in [1.54, 1.807) is 0 Å². The highest BCUT2D eigenvalue weighted by Crippen LogP contribution is 2.36. The molecule has 1 aromatic carbocycles. The lowest BCUT2D eigenvalue weighted by molar-refractivity contribution is 0.0654. The first kappa shape index (κ1) is 17.0. The van der Waals surface area contributed by atoms with Crippen LogP contribution in [0.5, 0.6) is 0 Å². The molecule has 0 radical (unpaired) electrons. The van der Waals surface area contributed by atoms with E-state index in [0.717, 1.165) is 43.6 Å². The van der Waals surface area contributed by atoms with Crippen molar-refractivity contribution in [3.05, 3.63) is 47.3 Å². The third kappa shape index (κ3) is 2.99. The first-order valence-corrected chi connectivity index (χ1v) is 10.8. The summed E-state index contributed by atoms with van der Waals surface area (Å²) < 4.78 is 2.03. The summed E-state index contributed by atoms with van der Waals surface area (Å²) in [7, 11) is 0. The first-order valence-electron chi connectivity index (χ1n) is 10.8. The molecule has 2 aliphatic carbocycles. The number of hydrogen-bond donors (Lipinski definition) is 0. The average Bonchev–Trinajstić information content (AvgIpc) is 3.45. The third-order valence-corrected chi connectivity index (χ3v) is 6.89. The number of nitrogens with zero attached hydrogens (tertiary/aromatic N) is 3. The topological polar surface area (TPSA) is 38.1 Å². The largest absolute Gasteiger partial charge is 0.334 e. The van der Waals surface area contributed by atoms with Crippen molar-refractivity contribution in [2.45, 2.75) is 70.3 Å². The maximum absolute atomic E-state index is 13.6. The summed E-state index contributed by atoms with van der Waals surface area (Å²) in [5, 5.41) is 4.85. The molecule has 4 nitrogen and oxygen atoms in total.